The predicted molar refractivity (Wildman–Crippen MR) is 113 cm³/mol. The molecule has 7 heteroatoms. The van der Waals surface area contributed by atoms with Crippen LogP contribution < -0.4 is 16.0 Å². The number of hydrogen-bond acceptors (Lipinski definition) is 4. The number of amides is 3. The molecule has 3 N–H and O–H groups in total. The fraction of sp³-hybridized carbons (Fsp3) is 0.318. The minimum atomic E-state index is -0.591. The number of ether oxygens (including phenoxy) is 1. The lowest BCUT2D eigenvalue weighted by Crippen LogP contribution is -2.27. The first kappa shape index (κ1) is 21.9. The van der Waals surface area contributed by atoms with Crippen molar-refractivity contribution in [1.29, 1.82) is 0 Å². The number of carbonyl (C=O) groups excluding carboxylic acids is 3. The summed E-state index contributed by atoms with van der Waals surface area (Å²) in [7, 11) is 0. The average Bonchev–Trinajstić information content (AvgIpc) is 2.65. The Morgan fingerprint density at radius 2 is 1.55 bits per heavy atom. The second kappa shape index (κ2) is 9.73. The van der Waals surface area contributed by atoms with Crippen molar-refractivity contribution in [2.24, 2.45) is 0 Å². The van der Waals surface area contributed by atoms with Gasteiger partial charge in [-0.05, 0) is 69.7 Å². The van der Waals surface area contributed by atoms with E-state index in [4.69, 9.17) is 4.74 Å². The highest BCUT2D eigenvalue weighted by Gasteiger charge is 2.16. The van der Waals surface area contributed by atoms with Crippen LogP contribution in [-0.2, 0) is 4.74 Å². The van der Waals surface area contributed by atoms with E-state index in [2.05, 4.69) is 16.0 Å². The quantitative estimate of drug-likeness (QED) is 0.672. The molecule has 2 aromatic rings. The van der Waals surface area contributed by atoms with Crippen LogP contribution in [0.4, 0.5) is 16.2 Å². The van der Waals surface area contributed by atoms with Gasteiger partial charge >= 0.3 is 6.09 Å². The highest BCUT2D eigenvalue weighted by Crippen LogP contribution is 2.16. The van der Waals surface area contributed by atoms with E-state index in [0.717, 1.165) is 6.42 Å². The summed E-state index contributed by atoms with van der Waals surface area (Å²) in [5, 5.41) is 8.18. The third-order valence-electron chi connectivity index (χ3n) is 3.71. The van der Waals surface area contributed by atoms with Crippen LogP contribution in [-0.4, -0.2) is 30.1 Å². The summed E-state index contributed by atoms with van der Waals surface area (Å²) in [5.74, 6) is -0.500. The van der Waals surface area contributed by atoms with Gasteiger partial charge in [-0.3, -0.25) is 14.9 Å². The summed E-state index contributed by atoms with van der Waals surface area (Å²) in [4.78, 5) is 36.3. The highest BCUT2D eigenvalue weighted by atomic mass is 16.6. The maximum atomic E-state index is 12.5. The molecule has 0 saturated heterocycles. The van der Waals surface area contributed by atoms with Crippen LogP contribution in [0.25, 0.3) is 0 Å². The van der Waals surface area contributed by atoms with Crippen molar-refractivity contribution in [2.75, 3.05) is 17.2 Å². The third kappa shape index (κ3) is 7.29. The first-order valence-electron chi connectivity index (χ1n) is 9.47. The van der Waals surface area contributed by atoms with Gasteiger partial charge in [-0.25, -0.2) is 4.79 Å². The van der Waals surface area contributed by atoms with Gasteiger partial charge in [0.25, 0.3) is 11.8 Å². The van der Waals surface area contributed by atoms with Crippen LogP contribution in [0.2, 0.25) is 0 Å². The second-order valence-corrected chi connectivity index (χ2v) is 7.50. The van der Waals surface area contributed by atoms with Gasteiger partial charge in [-0.15, -0.1) is 0 Å². The molecule has 0 bridgehead atoms. The standard InChI is InChI=1S/C22H27N3O4/c1-5-13-23-19(26)16-7-6-8-18(14-16)24-20(27)15-9-11-17(12-10-15)25-21(28)29-22(2,3)4/h6-12,14H,5,13H2,1-4H3,(H,23,26)(H,24,27)(H,25,28). The lowest BCUT2D eigenvalue weighted by atomic mass is 10.1. The second-order valence-electron chi connectivity index (χ2n) is 7.50. The van der Waals surface area contributed by atoms with Crippen molar-refractivity contribution >= 4 is 29.3 Å². The van der Waals surface area contributed by atoms with Gasteiger partial charge in [0.2, 0.25) is 0 Å². The number of benzene rings is 2. The van der Waals surface area contributed by atoms with Crippen LogP contribution >= 0.6 is 0 Å². The average molecular weight is 397 g/mol. The smallest absolute Gasteiger partial charge is 0.412 e. The van der Waals surface area contributed by atoms with Crippen LogP contribution in [0.1, 0.15) is 54.8 Å². The van der Waals surface area contributed by atoms with Gasteiger partial charge in [-0.2, -0.15) is 0 Å². The Bertz CT molecular complexity index is 870. The lowest BCUT2D eigenvalue weighted by molar-refractivity contribution is 0.0635. The van der Waals surface area contributed by atoms with Crippen LogP contribution in [0.15, 0.2) is 48.5 Å². The molecule has 0 heterocycles. The molecule has 154 valence electrons. The lowest BCUT2D eigenvalue weighted by Gasteiger charge is -2.19. The molecule has 0 radical (unpaired) electrons. The Labute approximate surface area is 170 Å². The van der Waals surface area contributed by atoms with Gasteiger partial charge in [0, 0.05) is 29.0 Å². The van der Waals surface area contributed by atoms with E-state index in [1.165, 1.54) is 0 Å². The van der Waals surface area contributed by atoms with E-state index in [-0.39, 0.29) is 11.8 Å². The number of rotatable bonds is 6. The number of anilines is 2. The van der Waals surface area contributed by atoms with E-state index in [1.807, 2.05) is 6.92 Å². The first-order valence-corrected chi connectivity index (χ1v) is 9.47. The molecule has 0 aliphatic heterocycles. The highest BCUT2D eigenvalue weighted by molar-refractivity contribution is 6.05. The topological polar surface area (TPSA) is 96.5 Å². The third-order valence-corrected chi connectivity index (χ3v) is 3.71. The van der Waals surface area contributed by atoms with Gasteiger partial charge in [0.05, 0.1) is 0 Å². The normalized spacial score (nSPS) is 10.8. The monoisotopic (exact) mass is 397 g/mol. The van der Waals surface area contributed by atoms with E-state index < -0.39 is 11.7 Å². The number of hydrogen-bond donors (Lipinski definition) is 3. The van der Waals surface area contributed by atoms with Crippen LogP contribution in [0, 0.1) is 0 Å². The molecule has 0 aliphatic rings. The largest absolute Gasteiger partial charge is 0.444 e. The van der Waals surface area contributed by atoms with Crippen molar-refractivity contribution in [3.8, 4) is 0 Å². The molecular formula is C22H27N3O4. The minimum absolute atomic E-state index is 0.180. The molecule has 29 heavy (non-hydrogen) atoms. The van der Waals surface area contributed by atoms with Crippen molar-refractivity contribution in [1.82, 2.24) is 5.32 Å². The molecule has 0 fully saturated rings. The Balaban J connectivity index is 1.99. The molecule has 0 aromatic heterocycles. The molecular weight excluding hydrogens is 370 g/mol. The van der Waals surface area contributed by atoms with Crippen LogP contribution in [0.5, 0.6) is 0 Å². The molecule has 2 rings (SSSR count). The van der Waals surface area contributed by atoms with E-state index in [1.54, 1.807) is 69.3 Å². The van der Waals surface area contributed by atoms with Crippen molar-refractivity contribution < 1.29 is 19.1 Å². The molecule has 0 unspecified atom stereocenters. The van der Waals surface area contributed by atoms with Gasteiger partial charge in [0.15, 0.2) is 0 Å². The molecule has 0 aliphatic carbocycles. The predicted octanol–water partition coefficient (Wildman–Crippen LogP) is 4.43. The summed E-state index contributed by atoms with van der Waals surface area (Å²) < 4.78 is 5.19. The zero-order chi connectivity index (χ0) is 21.4. The minimum Gasteiger partial charge on any atom is -0.444 e. The maximum absolute atomic E-state index is 12.5. The summed E-state index contributed by atoms with van der Waals surface area (Å²) in [6, 6.07) is 13.2. The molecule has 0 saturated carbocycles. The Morgan fingerprint density at radius 1 is 0.862 bits per heavy atom. The SMILES string of the molecule is CCCNC(=O)c1cccc(NC(=O)c2ccc(NC(=O)OC(C)(C)C)cc2)c1. The fourth-order valence-electron chi connectivity index (χ4n) is 2.41. The van der Waals surface area contributed by atoms with Crippen molar-refractivity contribution in [3.63, 3.8) is 0 Å². The Kier molecular flexibility index (Phi) is 7.36. The van der Waals surface area contributed by atoms with Gasteiger partial charge in [0.1, 0.15) is 5.60 Å². The molecule has 3 amide bonds. The zero-order valence-corrected chi connectivity index (χ0v) is 17.2. The molecule has 2 aromatic carbocycles. The summed E-state index contributed by atoms with van der Waals surface area (Å²) in [6.45, 7) is 7.91. The first-order chi connectivity index (χ1) is 13.7. The number of carbonyl (C=O) groups is 3. The summed E-state index contributed by atoms with van der Waals surface area (Å²) >= 11 is 0. The van der Waals surface area contributed by atoms with E-state index >= 15 is 0 Å². The molecule has 0 spiro atoms. The fourth-order valence-corrected chi connectivity index (χ4v) is 2.41. The van der Waals surface area contributed by atoms with Gasteiger partial charge in [-0.1, -0.05) is 13.0 Å². The summed E-state index contributed by atoms with van der Waals surface area (Å²) in [5.41, 5.74) is 1.35. The van der Waals surface area contributed by atoms with Crippen molar-refractivity contribution in [3.05, 3.63) is 59.7 Å². The maximum Gasteiger partial charge on any atom is 0.412 e. The molecule has 0 atom stereocenters. The molecule has 7 nitrogen and oxygen atoms in total. The zero-order valence-electron chi connectivity index (χ0n) is 17.2. The van der Waals surface area contributed by atoms with Crippen LogP contribution in [0.3, 0.4) is 0 Å². The summed E-state index contributed by atoms with van der Waals surface area (Å²) in [6.07, 6.45) is 0.286. The number of nitrogens with one attached hydrogen (secondary N) is 3. The van der Waals surface area contributed by atoms with Crippen molar-refractivity contribution in [2.45, 2.75) is 39.7 Å². The van der Waals surface area contributed by atoms with Gasteiger partial charge < -0.3 is 15.4 Å². The van der Waals surface area contributed by atoms with E-state index in [0.29, 0.717) is 29.0 Å². The Morgan fingerprint density at radius 3 is 2.17 bits per heavy atom. The Hall–Kier alpha value is -3.35. The van der Waals surface area contributed by atoms with E-state index in [9.17, 15) is 14.4 Å².